The van der Waals surface area contributed by atoms with Crippen LogP contribution in [0.1, 0.15) is 31.2 Å². The monoisotopic (exact) mass is 336 g/mol. The highest BCUT2D eigenvalue weighted by Gasteiger charge is 2.29. The number of hydrogen-bond acceptors (Lipinski definition) is 3. The van der Waals surface area contributed by atoms with Crippen molar-refractivity contribution in [3.63, 3.8) is 0 Å². The fraction of sp³-hybridized carbons (Fsp3) is 0.529. The normalized spacial score (nSPS) is 23.6. The van der Waals surface area contributed by atoms with E-state index in [-0.39, 0.29) is 30.4 Å². The Kier molecular flexibility index (Phi) is 4.87. The molecule has 1 aliphatic carbocycles. The molecule has 6 nitrogen and oxygen atoms in total. The SMILES string of the molecule is O=C(O)C1CCC(NC(=O)N2CCOc3cccc(F)c3C2)CC1. The lowest BCUT2D eigenvalue weighted by Crippen LogP contribution is -2.46. The molecule has 1 aromatic rings. The summed E-state index contributed by atoms with van der Waals surface area (Å²) in [5.74, 6) is -0.983. The molecule has 7 heteroatoms. The molecular weight excluding hydrogens is 315 g/mol. The van der Waals surface area contributed by atoms with Crippen molar-refractivity contribution in [2.24, 2.45) is 5.92 Å². The highest BCUT2D eigenvalue weighted by Crippen LogP contribution is 2.27. The van der Waals surface area contributed by atoms with E-state index in [1.807, 2.05) is 0 Å². The number of halogens is 1. The van der Waals surface area contributed by atoms with Crippen molar-refractivity contribution in [3.8, 4) is 5.75 Å². The molecule has 0 bridgehead atoms. The summed E-state index contributed by atoms with van der Waals surface area (Å²) in [6, 6.07) is 4.36. The smallest absolute Gasteiger partial charge is 0.318 e. The zero-order valence-electron chi connectivity index (χ0n) is 13.3. The minimum atomic E-state index is -0.767. The van der Waals surface area contributed by atoms with E-state index < -0.39 is 5.97 Å². The number of carbonyl (C=O) groups is 2. The Labute approximate surface area is 139 Å². The predicted molar refractivity (Wildman–Crippen MR) is 84.2 cm³/mol. The predicted octanol–water partition coefficient (Wildman–Crippen LogP) is 2.37. The lowest BCUT2D eigenvalue weighted by atomic mass is 9.86. The molecule has 1 aliphatic heterocycles. The number of benzene rings is 1. The molecule has 3 rings (SSSR count). The van der Waals surface area contributed by atoms with Gasteiger partial charge in [0.05, 0.1) is 19.0 Å². The van der Waals surface area contributed by atoms with E-state index in [4.69, 9.17) is 9.84 Å². The number of nitrogens with one attached hydrogen (secondary N) is 1. The number of nitrogens with zero attached hydrogens (tertiary/aromatic N) is 1. The number of urea groups is 1. The number of amides is 2. The van der Waals surface area contributed by atoms with Crippen LogP contribution in [0.15, 0.2) is 18.2 Å². The van der Waals surface area contributed by atoms with Gasteiger partial charge in [0.25, 0.3) is 0 Å². The standard InChI is InChI=1S/C17H21FN2O4/c18-14-2-1-3-15-13(14)10-20(8-9-24-15)17(23)19-12-6-4-11(5-7-12)16(21)22/h1-3,11-12H,4-10H2,(H,19,23)(H,21,22). The van der Waals surface area contributed by atoms with Crippen LogP contribution in [0.2, 0.25) is 0 Å². The number of carbonyl (C=O) groups excluding carboxylic acids is 1. The van der Waals surface area contributed by atoms with Crippen molar-refractivity contribution in [1.82, 2.24) is 10.2 Å². The average molecular weight is 336 g/mol. The zero-order chi connectivity index (χ0) is 17.1. The molecule has 0 spiro atoms. The Morgan fingerprint density at radius 3 is 2.71 bits per heavy atom. The molecule has 0 aromatic heterocycles. The molecule has 2 N–H and O–H groups in total. The van der Waals surface area contributed by atoms with Crippen LogP contribution in [0.4, 0.5) is 9.18 Å². The molecule has 0 radical (unpaired) electrons. The second kappa shape index (κ2) is 7.07. The molecule has 1 heterocycles. The summed E-state index contributed by atoms with van der Waals surface area (Å²) in [5, 5.41) is 12.0. The maximum Gasteiger partial charge on any atom is 0.318 e. The first kappa shape index (κ1) is 16.5. The van der Waals surface area contributed by atoms with E-state index in [0.717, 1.165) is 0 Å². The van der Waals surface area contributed by atoms with Gasteiger partial charge in [-0.15, -0.1) is 0 Å². The number of fused-ring (bicyclic) bond motifs is 1. The molecule has 2 amide bonds. The summed E-state index contributed by atoms with van der Waals surface area (Å²) in [7, 11) is 0. The summed E-state index contributed by atoms with van der Waals surface area (Å²) in [4.78, 5) is 25.0. The van der Waals surface area contributed by atoms with Crippen LogP contribution in [0.25, 0.3) is 0 Å². The van der Waals surface area contributed by atoms with Gasteiger partial charge in [0, 0.05) is 11.6 Å². The maximum atomic E-state index is 14.0. The first-order valence-corrected chi connectivity index (χ1v) is 8.23. The van der Waals surface area contributed by atoms with E-state index in [1.165, 1.54) is 11.0 Å². The van der Waals surface area contributed by atoms with Gasteiger partial charge in [-0.05, 0) is 37.8 Å². The third-order valence-corrected chi connectivity index (χ3v) is 4.73. The van der Waals surface area contributed by atoms with Crippen molar-refractivity contribution in [2.45, 2.75) is 38.3 Å². The molecule has 24 heavy (non-hydrogen) atoms. The molecule has 1 aromatic carbocycles. The highest BCUT2D eigenvalue weighted by molar-refractivity contribution is 5.75. The fourth-order valence-corrected chi connectivity index (χ4v) is 3.29. The van der Waals surface area contributed by atoms with Crippen molar-refractivity contribution in [2.75, 3.05) is 13.2 Å². The second-order valence-electron chi connectivity index (χ2n) is 6.32. The first-order chi connectivity index (χ1) is 11.5. The largest absolute Gasteiger partial charge is 0.491 e. The van der Waals surface area contributed by atoms with E-state index in [1.54, 1.807) is 12.1 Å². The summed E-state index contributed by atoms with van der Waals surface area (Å²) in [6.45, 7) is 0.859. The lowest BCUT2D eigenvalue weighted by Gasteiger charge is -2.29. The van der Waals surface area contributed by atoms with Crippen LogP contribution in [0.3, 0.4) is 0 Å². The Morgan fingerprint density at radius 2 is 2.00 bits per heavy atom. The Morgan fingerprint density at radius 1 is 1.25 bits per heavy atom. The fourth-order valence-electron chi connectivity index (χ4n) is 3.29. The van der Waals surface area contributed by atoms with Gasteiger partial charge >= 0.3 is 12.0 Å². The van der Waals surface area contributed by atoms with Gasteiger partial charge in [0.1, 0.15) is 18.2 Å². The Hall–Kier alpha value is -2.31. The lowest BCUT2D eigenvalue weighted by molar-refractivity contribution is -0.142. The first-order valence-electron chi connectivity index (χ1n) is 8.23. The molecule has 1 saturated carbocycles. The number of carboxylic acids is 1. The third-order valence-electron chi connectivity index (χ3n) is 4.73. The van der Waals surface area contributed by atoms with E-state index >= 15 is 0 Å². The molecule has 2 aliphatic rings. The molecule has 0 atom stereocenters. The quantitative estimate of drug-likeness (QED) is 0.869. The highest BCUT2D eigenvalue weighted by atomic mass is 19.1. The summed E-state index contributed by atoms with van der Waals surface area (Å²) >= 11 is 0. The average Bonchev–Trinajstić information content (AvgIpc) is 2.79. The number of aliphatic carboxylic acids is 1. The maximum absolute atomic E-state index is 14.0. The third kappa shape index (κ3) is 3.60. The Bertz CT molecular complexity index is 629. The van der Waals surface area contributed by atoms with Crippen LogP contribution >= 0.6 is 0 Å². The number of ether oxygens (including phenoxy) is 1. The molecular formula is C17H21FN2O4. The minimum Gasteiger partial charge on any atom is -0.491 e. The van der Waals surface area contributed by atoms with Crippen molar-refractivity contribution < 1.29 is 23.8 Å². The molecule has 130 valence electrons. The van der Waals surface area contributed by atoms with E-state index in [2.05, 4.69) is 5.32 Å². The topological polar surface area (TPSA) is 78.9 Å². The Balaban J connectivity index is 1.60. The van der Waals surface area contributed by atoms with Gasteiger partial charge in [-0.1, -0.05) is 6.07 Å². The summed E-state index contributed by atoms with van der Waals surface area (Å²) in [5.41, 5.74) is 0.389. The van der Waals surface area contributed by atoms with E-state index in [0.29, 0.717) is 50.1 Å². The van der Waals surface area contributed by atoms with E-state index in [9.17, 15) is 14.0 Å². The van der Waals surface area contributed by atoms with Crippen molar-refractivity contribution in [1.29, 1.82) is 0 Å². The summed E-state index contributed by atoms with van der Waals surface area (Å²) < 4.78 is 19.5. The number of carboxylic acid groups (broad SMARTS) is 1. The van der Waals surface area contributed by atoms with Crippen LogP contribution in [-0.2, 0) is 11.3 Å². The molecule has 1 fully saturated rings. The number of hydrogen-bond donors (Lipinski definition) is 2. The van der Waals surface area contributed by atoms with Gasteiger partial charge < -0.3 is 20.1 Å². The van der Waals surface area contributed by atoms with Crippen molar-refractivity contribution in [3.05, 3.63) is 29.6 Å². The molecule has 0 saturated heterocycles. The van der Waals surface area contributed by atoms with Gasteiger partial charge in [-0.2, -0.15) is 0 Å². The molecule has 0 unspecified atom stereocenters. The van der Waals surface area contributed by atoms with Gasteiger partial charge in [-0.3, -0.25) is 4.79 Å². The minimum absolute atomic E-state index is 0.0302. The van der Waals surface area contributed by atoms with Gasteiger partial charge in [0.2, 0.25) is 0 Å². The number of rotatable bonds is 2. The summed E-state index contributed by atoms with van der Waals surface area (Å²) in [6.07, 6.45) is 2.44. The zero-order valence-corrected chi connectivity index (χ0v) is 13.3. The van der Waals surface area contributed by atoms with Crippen LogP contribution in [0.5, 0.6) is 5.75 Å². The van der Waals surface area contributed by atoms with Gasteiger partial charge in [0.15, 0.2) is 0 Å². The van der Waals surface area contributed by atoms with Crippen LogP contribution in [-0.4, -0.2) is 41.2 Å². The van der Waals surface area contributed by atoms with Crippen LogP contribution < -0.4 is 10.1 Å². The second-order valence-corrected chi connectivity index (χ2v) is 6.32. The van der Waals surface area contributed by atoms with Crippen LogP contribution in [0, 0.1) is 11.7 Å². The van der Waals surface area contributed by atoms with Gasteiger partial charge in [-0.25, -0.2) is 9.18 Å². The van der Waals surface area contributed by atoms with Crippen molar-refractivity contribution >= 4 is 12.0 Å².